The molecule has 0 heterocycles. The van der Waals surface area contributed by atoms with Crippen molar-refractivity contribution in [3.05, 3.63) is 23.8 Å². The zero-order valence-corrected chi connectivity index (χ0v) is 12.2. The number of nitrogens with two attached hydrogens (primary N) is 1. The van der Waals surface area contributed by atoms with Gasteiger partial charge in [-0.25, -0.2) is 0 Å². The second-order valence-electron chi connectivity index (χ2n) is 4.86. The molecule has 1 aromatic rings. The number of rotatable bonds is 8. The van der Waals surface area contributed by atoms with E-state index in [2.05, 4.69) is 6.92 Å². The van der Waals surface area contributed by atoms with Crippen molar-refractivity contribution < 1.29 is 13.0 Å². The fraction of sp³-hybridized carbons (Fsp3) is 0.571. The van der Waals surface area contributed by atoms with Gasteiger partial charge in [0, 0.05) is 5.69 Å². The second-order valence-corrected chi connectivity index (χ2v) is 6.25. The molecule has 0 fully saturated rings. The fourth-order valence-corrected chi connectivity index (χ4v) is 2.90. The third kappa shape index (κ3) is 5.61. The minimum atomic E-state index is -4.19. The number of hydrogen-bond acceptors (Lipinski definition) is 3. The number of hydrogen-bond donors (Lipinski definition) is 2. The Morgan fingerprint density at radius 2 is 1.74 bits per heavy atom. The summed E-state index contributed by atoms with van der Waals surface area (Å²) < 4.78 is 31.7. The summed E-state index contributed by atoms with van der Waals surface area (Å²) in [6.45, 7) is 2.17. The van der Waals surface area contributed by atoms with Gasteiger partial charge in [0.15, 0.2) is 0 Å². The van der Waals surface area contributed by atoms with Crippen LogP contribution in [-0.4, -0.2) is 13.0 Å². The van der Waals surface area contributed by atoms with Crippen LogP contribution in [0.4, 0.5) is 5.69 Å². The number of aryl methyl sites for hydroxylation is 1. The minimum absolute atomic E-state index is 0.0546. The molecule has 0 aliphatic rings. The van der Waals surface area contributed by atoms with Gasteiger partial charge < -0.3 is 5.73 Å². The van der Waals surface area contributed by atoms with Gasteiger partial charge in [-0.3, -0.25) is 4.55 Å². The predicted molar refractivity (Wildman–Crippen MR) is 77.7 cm³/mol. The average molecular weight is 285 g/mol. The number of benzene rings is 1. The lowest BCUT2D eigenvalue weighted by atomic mass is 10.0. The Labute approximate surface area is 115 Å². The lowest BCUT2D eigenvalue weighted by Crippen LogP contribution is -2.04. The summed E-state index contributed by atoms with van der Waals surface area (Å²) in [5.74, 6) is 0. The highest BCUT2D eigenvalue weighted by molar-refractivity contribution is 7.85. The van der Waals surface area contributed by atoms with Crippen LogP contribution in [0.1, 0.15) is 51.0 Å². The normalized spacial score (nSPS) is 11.7. The van der Waals surface area contributed by atoms with Crippen LogP contribution in [0, 0.1) is 0 Å². The Morgan fingerprint density at radius 3 is 2.37 bits per heavy atom. The first kappa shape index (κ1) is 16.0. The lowest BCUT2D eigenvalue weighted by Gasteiger charge is -2.08. The zero-order valence-electron chi connectivity index (χ0n) is 11.4. The largest absolute Gasteiger partial charge is 0.399 e. The van der Waals surface area contributed by atoms with Crippen LogP contribution in [0.25, 0.3) is 0 Å². The standard InChI is InChI=1S/C14H23NO3S/c1-2-3-4-5-6-7-8-12-9-10-13(15)11-14(12)19(16,17)18/h9-11H,2-8,15H2,1H3,(H,16,17,18). The van der Waals surface area contributed by atoms with E-state index in [1.807, 2.05) is 0 Å². The maximum atomic E-state index is 11.3. The Balaban J connectivity index is 2.59. The number of unbranched alkanes of at least 4 members (excludes halogenated alkanes) is 5. The molecule has 0 spiro atoms. The van der Waals surface area contributed by atoms with E-state index in [0.717, 1.165) is 12.8 Å². The van der Waals surface area contributed by atoms with Crippen molar-refractivity contribution in [3.8, 4) is 0 Å². The molecular formula is C14H23NO3S. The zero-order chi connectivity index (χ0) is 14.3. The van der Waals surface area contributed by atoms with E-state index in [9.17, 15) is 13.0 Å². The highest BCUT2D eigenvalue weighted by Crippen LogP contribution is 2.21. The molecule has 0 amide bonds. The Morgan fingerprint density at radius 1 is 1.11 bits per heavy atom. The summed E-state index contributed by atoms with van der Waals surface area (Å²) in [5.41, 5.74) is 6.55. The van der Waals surface area contributed by atoms with Gasteiger partial charge in [0.05, 0.1) is 4.90 Å². The molecule has 0 aromatic heterocycles. The number of nitrogen functional groups attached to an aromatic ring is 1. The van der Waals surface area contributed by atoms with Crippen molar-refractivity contribution in [3.63, 3.8) is 0 Å². The topological polar surface area (TPSA) is 80.4 Å². The van der Waals surface area contributed by atoms with Crippen LogP contribution >= 0.6 is 0 Å². The molecule has 1 rings (SSSR count). The SMILES string of the molecule is CCCCCCCCc1ccc(N)cc1S(=O)(=O)O. The van der Waals surface area contributed by atoms with Gasteiger partial charge in [-0.15, -0.1) is 0 Å². The minimum Gasteiger partial charge on any atom is -0.399 e. The van der Waals surface area contributed by atoms with Crippen LogP contribution in [0.5, 0.6) is 0 Å². The average Bonchev–Trinajstić information content (AvgIpc) is 2.34. The van der Waals surface area contributed by atoms with Crippen molar-refractivity contribution in [2.45, 2.75) is 56.8 Å². The van der Waals surface area contributed by atoms with E-state index in [1.54, 1.807) is 12.1 Å². The van der Waals surface area contributed by atoms with E-state index in [1.165, 1.54) is 31.7 Å². The smallest absolute Gasteiger partial charge is 0.294 e. The van der Waals surface area contributed by atoms with Crippen LogP contribution in [-0.2, 0) is 16.5 Å². The van der Waals surface area contributed by atoms with E-state index in [4.69, 9.17) is 5.73 Å². The third-order valence-electron chi connectivity index (χ3n) is 3.17. The molecule has 0 aliphatic heterocycles. The van der Waals surface area contributed by atoms with Gasteiger partial charge in [-0.05, 0) is 30.5 Å². The second kappa shape index (κ2) is 7.50. The first-order valence-electron chi connectivity index (χ1n) is 6.81. The van der Waals surface area contributed by atoms with Crippen LogP contribution in [0.2, 0.25) is 0 Å². The molecule has 108 valence electrons. The molecule has 0 saturated carbocycles. The van der Waals surface area contributed by atoms with Gasteiger partial charge in [-0.2, -0.15) is 8.42 Å². The molecule has 0 saturated heterocycles. The maximum Gasteiger partial charge on any atom is 0.294 e. The molecule has 0 radical (unpaired) electrons. The van der Waals surface area contributed by atoms with E-state index >= 15 is 0 Å². The van der Waals surface area contributed by atoms with E-state index in [-0.39, 0.29) is 4.90 Å². The Bertz CT molecular complexity index is 497. The van der Waals surface area contributed by atoms with Crippen molar-refractivity contribution >= 4 is 15.8 Å². The monoisotopic (exact) mass is 285 g/mol. The lowest BCUT2D eigenvalue weighted by molar-refractivity contribution is 0.481. The molecular weight excluding hydrogens is 262 g/mol. The molecule has 1 aromatic carbocycles. The van der Waals surface area contributed by atoms with Crippen molar-refractivity contribution in [1.82, 2.24) is 0 Å². The van der Waals surface area contributed by atoms with Crippen LogP contribution < -0.4 is 5.73 Å². The van der Waals surface area contributed by atoms with Gasteiger partial charge in [0.1, 0.15) is 0 Å². The summed E-state index contributed by atoms with van der Waals surface area (Å²) in [4.78, 5) is -0.0546. The summed E-state index contributed by atoms with van der Waals surface area (Å²) in [6, 6.07) is 4.67. The number of anilines is 1. The quantitative estimate of drug-likeness (QED) is 0.435. The van der Waals surface area contributed by atoms with Crippen LogP contribution in [0.15, 0.2) is 23.1 Å². The molecule has 0 atom stereocenters. The van der Waals surface area contributed by atoms with Gasteiger partial charge in [0.2, 0.25) is 0 Å². The summed E-state index contributed by atoms with van der Waals surface area (Å²) in [5, 5.41) is 0. The molecule has 0 bridgehead atoms. The predicted octanol–water partition coefficient (Wildman–Crippen LogP) is 3.42. The summed E-state index contributed by atoms with van der Waals surface area (Å²) in [7, 11) is -4.19. The van der Waals surface area contributed by atoms with E-state index < -0.39 is 10.1 Å². The highest BCUT2D eigenvalue weighted by Gasteiger charge is 2.15. The van der Waals surface area contributed by atoms with Crippen LogP contribution in [0.3, 0.4) is 0 Å². The van der Waals surface area contributed by atoms with Crippen molar-refractivity contribution in [2.75, 3.05) is 5.73 Å². The molecule has 0 aliphatic carbocycles. The highest BCUT2D eigenvalue weighted by atomic mass is 32.2. The molecule has 19 heavy (non-hydrogen) atoms. The first-order valence-corrected chi connectivity index (χ1v) is 8.25. The summed E-state index contributed by atoms with van der Waals surface area (Å²) in [6.07, 6.45) is 7.52. The summed E-state index contributed by atoms with van der Waals surface area (Å²) >= 11 is 0. The molecule has 3 N–H and O–H groups in total. The third-order valence-corrected chi connectivity index (χ3v) is 4.10. The fourth-order valence-electron chi connectivity index (χ4n) is 2.11. The molecule has 5 heteroatoms. The first-order chi connectivity index (χ1) is 8.95. The Kier molecular flexibility index (Phi) is 6.31. The Hall–Kier alpha value is -1.07. The molecule has 0 unspecified atom stereocenters. The van der Waals surface area contributed by atoms with E-state index in [0.29, 0.717) is 17.7 Å². The van der Waals surface area contributed by atoms with Gasteiger partial charge in [-0.1, -0.05) is 45.1 Å². The maximum absolute atomic E-state index is 11.3. The van der Waals surface area contributed by atoms with Crippen molar-refractivity contribution in [1.29, 1.82) is 0 Å². The molecule has 4 nitrogen and oxygen atoms in total. The van der Waals surface area contributed by atoms with Gasteiger partial charge >= 0.3 is 0 Å². The van der Waals surface area contributed by atoms with Gasteiger partial charge in [0.25, 0.3) is 10.1 Å². The van der Waals surface area contributed by atoms with Crippen molar-refractivity contribution in [2.24, 2.45) is 0 Å².